The summed E-state index contributed by atoms with van der Waals surface area (Å²) < 4.78 is 11.5. The zero-order valence-corrected chi connectivity index (χ0v) is 14.7. The highest BCUT2D eigenvalue weighted by atomic mass is 35.5. The monoisotopic (exact) mass is 352 g/mol. The lowest BCUT2D eigenvalue weighted by molar-refractivity contribution is -0.146. The van der Waals surface area contributed by atoms with Gasteiger partial charge in [-0.25, -0.2) is 0 Å². The van der Waals surface area contributed by atoms with Gasteiger partial charge in [0.15, 0.2) is 0 Å². The van der Waals surface area contributed by atoms with Crippen molar-refractivity contribution >= 4 is 29.0 Å². The molecule has 0 heterocycles. The Labute approximate surface area is 146 Å². The second-order valence-corrected chi connectivity index (χ2v) is 6.96. The highest BCUT2D eigenvalue weighted by Crippen LogP contribution is 2.25. The largest absolute Gasteiger partial charge is 0.448 e. The van der Waals surface area contributed by atoms with E-state index in [0.717, 1.165) is 0 Å². The van der Waals surface area contributed by atoms with E-state index in [4.69, 9.17) is 32.7 Å². The Morgan fingerprint density at radius 1 is 0.826 bits per heavy atom. The molecule has 0 saturated heterocycles. The van der Waals surface area contributed by atoms with Gasteiger partial charge in [-0.05, 0) is 48.5 Å². The summed E-state index contributed by atoms with van der Waals surface area (Å²) in [6.45, 7) is 5.45. The van der Waals surface area contributed by atoms with Gasteiger partial charge in [-0.15, -0.1) is 0 Å². The summed E-state index contributed by atoms with van der Waals surface area (Å²) in [5.74, 6) is 0.847. The lowest BCUT2D eigenvalue weighted by Crippen LogP contribution is -2.40. The Kier molecular flexibility index (Phi) is 5.55. The Balaban J connectivity index is 2.22. The van der Waals surface area contributed by atoms with Crippen LogP contribution in [0.3, 0.4) is 0 Å². The van der Waals surface area contributed by atoms with Crippen LogP contribution in [0.4, 0.5) is 0 Å². The second kappa shape index (κ2) is 7.24. The summed E-state index contributed by atoms with van der Waals surface area (Å²) in [4.78, 5) is 12.6. The normalized spacial score (nSPS) is 11.4. The average molecular weight is 353 g/mol. The van der Waals surface area contributed by atoms with E-state index in [0.29, 0.717) is 21.5 Å². The minimum absolute atomic E-state index is 0.164. The molecule has 0 aliphatic carbocycles. The third kappa shape index (κ3) is 5.15. The van der Waals surface area contributed by atoms with Crippen LogP contribution in [0.2, 0.25) is 10.0 Å². The Bertz CT molecular complexity index is 611. The van der Waals surface area contributed by atoms with E-state index in [1.54, 1.807) is 48.5 Å². The van der Waals surface area contributed by atoms with Crippen LogP contribution in [0.1, 0.15) is 20.8 Å². The molecule has 0 N–H and O–H groups in total. The number of carbonyl (C=O) groups excluding carboxylic acids is 1. The van der Waals surface area contributed by atoms with Crippen LogP contribution < -0.4 is 9.47 Å². The van der Waals surface area contributed by atoms with Crippen LogP contribution in [0.15, 0.2) is 48.5 Å². The fourth-order valence-electron chi connectivity index (χ4n) is 1.76. The molecule has 23 heavy (non-hydrogen) atoms. The lowest BCUT2D eigenvalue weighted by atomic mass is 9.90. The molecule has 2 aromatic carbocycles. The molecule has 5 heteroatoms. The van der Waals surface area contributed by atoms with Crippen LogP contribution in [0.25, 0.3) is 0 Å². The average Bonchev–Trinajstić information content (AvgIpc) is 2.49. The number of hydrogen-bond acceptors (Lipinski definition) is 3. The van der Waals surface area contributed by atoms with Gasteiger partial charge in [0.05, 0.1) is 0 Å². The lowest BCUT2D eigenvalue weighted by Gasteiger charge is -2.25. The van der Waals surface area contributed by atoms with E-state index < -0.39 is 11.7 Å². The van der Waals surface area contributed by atoms with Crippen molar-refractivity contribution in [2.75, 3.05) is 0 Å². The molecule has 0 bridgehead atoms. The second-order valence-electron chi connectivity index (χ2n) is 6.09. The molecule has 0 saturated carbocycles. The van der Waals surface area contributed by atoms with Crippen LogP contribution in [-0.2, 0) is 4.79 Å². The van der Waals surface area contributed by atoms with Gasteiger partial charge in [0, 0.05) is 15.5 Å². The topological polar surface area (TPSA) is 35.5 Å². The number of ether oxygens (including phenoxy) is 2. The van der Waals surface area contributed by atoms with Gasteiger partial charge in [0.1, 0.15) is 11.5 Å². The molecule has 0 unspecified atom stereocenters. The molecule has 2 rings (SSSR count). The number of carbonyl (C=O) groups is 1. The highest BCUT2D eigenvalue weighted by Gasteiger charge is 2.33. The van der Waals surface area contributed by atoms with Crippen molar-refractivity contribution in [2.24, 2.45) is 5.41 Å². The first-order chi connectivity index (χ1) is 10.8. The summed E-state index contributed by atoms with van der Waals surface area (Å²) in [7, 11) is 0. The number of benzene rings is 2. The standard InChI is InChI=1S/C18H18Cl2O3/c1-18(2,3)16(21)17(22-14-8-4-12(19)5-9-14)23-15-10-6-13(20)7-11-15/h4-11,17H,1-3H3. The number of rotatable bonds is 5. The molecule has 122 valence electrons. The molecule has 3 nitrogen and oxygen atoms in total. The van der Waals surface area contributed by atoms with Crippen molar-refractivity contribution in [2.45, 2.75) is 27.1 Å². The molecular formula is C18H18Cl2O3. The van der Waals surface area contributed by atoms with Gasteiger partial charge in [-0.2, -0.15) is 0 Å². The number of hydrogen-bond donors (Lipinski definition) is 0. The fraction of sp³-hybridized carbons (Fsp3) is 0.278. The quantitative estimate of drug-likeness (QED) is 0.676. The first kappa shape index (κ1) is 17.6. The van der Waals surface area contributed by atoms with Crippen molar-refractivity contribution in [3.63, 3.8) is 0 Å². The van der Waals surface area contributed by atoms with Gasteiger partial charge >= 0.3 is 6.29 Å². The molecule has 0 atom stereocenters. The number of ketones is 1. The SMILES string of the molecule is CC(C)(C)C(=O)C(Oc1ccc(Cl)cc1)Oc1ccc(Cl)cc1. The highest BCUT2D eigenvalue weighted by molar-refractivity contribution is 6.30. The van der Waals surface area contributed by atoms with Crippen molar-refractivity contribution in [1.82, 2.24) is 0 Å². The first-order valence-corrected chi connectivity index (χ1v) is 7.90. The summed E-state index contributed by atoms with van der Waals surface area (Å²) >= 11 is 11.7. The van der Waals surface area contributed by atoms with Crippen LogP contribution >= 0.6 is 23.2 Å². The van der Waals surface area contributed by atoms with Crippen molar-refractivity contribution in [3.05, 3.63) is 58.6 Å². The number of Topliss-reactive ketones (excluding diaryl/α,β-unsaturated/α-hetero) is 1. The van der Waals surface area contributed by atoms with Crippen LogP contribution in [0.5, 0.6) is 11.5 Å². The minimum atomic E-state index is -1.06. The van der Waals surface area contributed by atoms with E-state index in [1.165, 1.54) is 0 Å². The molecular weight excluding hydrogens is 335 g/mol. The molecule has 0 aromatic heterocycles. The first-order valence-electron chi connectivity index (χ1n) is 7.14. The van der Waals surface area contributed by atoms with Crippen LogP contribution in [0, 0.1) is 5.41 Å². The third-order valence-electron chi connectivity index (χ3n) is 3.07. The van der Waals surface area contributed by atoms with Gasteiger partial charge in [0.25, 0.3) is 0 Å². The van der Waals surface area contributed by atoms with E-state index in [9.17, 15) is 4.79 Å². The molecule has 2 aromatic rings. The van der Waals surface area contributed by atoms with E-state index in [2.05, 4.69) is 0 Å². The minimum Gasteiger partial charge on any atom is -0.448 e. The van der Waals surface area contributed by atoms with Crippen LogP contribution in [-0.4, -0.2) is 12.1 Å². The van der Waals surface area contributed by atoms with E-state index in [-0.39, 0.29) is 5.78 Å². The Morgan fingerprint density at radius 3 is 1.48 bits per heavy atom. The van der Waals surface area contributed by atoms with Crippen molar-refractivity contribution in [3.8, 4) is 11.5 Å². The molecule has 0 aliphatic heterocycles. The maximum atomic E-state index is 12.6. The predicted molar refractivity (Wildman–Crippen MR) is 92.4 cm³/mol. The van der Waals surface area contributed by atoms with Gasteiger partial charge in [0.2, 0.25) is 5.78 Å². The molecule has 0 amide bonds. The molecule has 0 aliphatic rings. The zero-order chi connectivity index (χ0) is 17.0. The van der Waals surface area contributed by atoms with Gasteiger partial charge in [-0.3, -0.25) is 4.79 Å². The smallest absolute Gasteiger partial charge is 0.301 e. The third-order valence-corrected chi connectivity index (χ3v) is 3.57. The molecule has 0 fully saturated rings. The van der Waals surface area contributed by atoms with E-state index >= 15 is 0 Å². The van der Waals surface area contributed by atoms with E-state index in [1.807, 2.05) is 20.8 Å². The molecule has 0 spiro atoms. The Morgan fingerprint density at radius 2 is 1.17 bits per heavy atom. The summed E-state index contributed by atoms with van der Waals surface area (Å²) in [6, 6.07) is 13.5. The summed E-state index contributed by atoms with van der Waals surface area (Å²) in [5, 5.41) is 1.18. The maximum Gasteiger partial charge on any atom is 0.301 e. The maximum absolute atomic E-state index is 12.6. The van der Waals surface area contributed by atoms with Gasteiger partial charge < -0.3 is 9.47 Å². The summed E-state index contributed by atoms with van der Waals surface area (Å²) in [5.41, 5.74) is -0.608. The van der Waals surface area contributed by atoms with Crippen molar-refractivity contribution < 1.29 is 14.3 Å². The summed E-state index contributed by atoms with van der Waals surface area (Å²) in [6.07, 6.45) is -1.06. The molecule has 0 radical (unpaired) electrons. The van der Waals surface area contributed by atoms with Crippen molar-refractivity contribution in [1.29, 1.82) is 0 Å². The predicted octanol–water partition coefficient (Wildman–Crippen LogP) is 5.39. The zero-order valence-electron chi connectivity index (χ0n) is 13.2. The number of halogens is 2. The fourth-order valence-corrected chi connectivity index (χ4v) is 2.01. The van der Waals surface area contributed by atoms with Gasteiger partial charge in [-0.1, -0.05) is 44.0 Å². The Hall–Kier alpha value is -1.71.